The van der Waals surface area contributed by atoms with Crippen molar-refractivity contribution in [2.75, 3.05) is 19.7 Å². The van der Waals surface area contributed by atoms with Gasteiger partial charge in [0, 0.05) is 19.1 Å². The van der Waals surface area contributed by atoms with Gasteiger partial charge in [-0.25, -0.2) is 10.3 Å². The molecule has 2 heterocycles. The van der Waals surface area contributed by atoms with Crippen molar-refractivity contribution in [2.45, 2.75) is 44.8 Å². The number of hydrogen-bond acceptors (Lipinski definition) is 7. The summed E-state index contributed by atoms with van der Waals surface area (Å²) in [6.45, 7) is 4.93. The van der Waals surface area contributed by atoms with Crippen molar-refractivity contribution in [3.05, 3.63) is 0 Å². The van der Waals surface area contributed by atoms with Crippen molar-refractivity contribution in [1.29, 1.82) is 0 Å². The zero-order valence-corrected chi connectivity index (χ0v) is 14.3. The Balaban J connectivity index is 1.85. The zero-order chi connectivity index (χ0) is 17.9. The van der Waals surface area contributed by atoms with Gasteiger partial charge in [-0.1, -0.05) is 13.8 Å². The van der Waals surface area contributed by atoms with E-state index < -0.39 is 34.4 Å². The number of nitrogens with zero attached hydrogens (tertiary/aromatic N) is 2. The summed E-state index contributed by atoms with van der Waals surface area (Å²) in [5.74, 6) is -0.486. The zero-order valence-electron chi connectivity index (χ0n) is 13.5. The molecule has 12 heteroatoms. The van der Waals surface area contributed by atoms with Gasteiger partial charge in [0.25, 0.3) is 5.91 Å². The molecule has 0 spiro atoms. The summed E-state index contributed by atoms with van der Waals surface area (Å²) < 4.78 is 34.6. The molecular weight excluding hydrogens is 344 g/mol. The van der Waals surface area contributed by atoms with E-state index in [0.29, 0.717) is 30.5 Å². The lowest BCUT2D eigenvalue weighted by Gasteiger charge is -2.28. The van der Waals surface area contributed by atoms with E-state index in [1.54, 1.807) is 0 Å². The summed E-state index contributed by atoms with van der Waals surface area (Å²) in [5, 5.41) is 3.71. The van der Waals surface area contributed by atoms with Crippen molar-refractivity contribution in [1.82, 2.24) is 20.8 Å². The highest BCUT2D eigenvalue weighted by atomic mass is 32.3. The van der Waals surface area contributed by atoms with Crippen molar-refractivity contribution in [3.63, 3.8) is 0 Å². The molecule has 0 aromatic rings. The largest absolute Gasteiger partial charge is 0.418 e. The molecule has 24 heavy (non-hydrogen) atoms. The second kappa shape index (κ2) is 7.61. The third kappa shape index (κ3) is 4.77. The summed E-state index contributed by atoms with van der Waals surface area (Å²) in [4.78, 5) is 30.6. The normalized spacial score (nSPS) is 23.9. The Kier molecular flexibility index (Phi) is 5.98. The maximum Gasteiger partial charge on any atom is 0.418 e. The van der Waals surface area contributed by atoms with E-state index in [1.165, 1.54) is 4.90 Å². The second-order valence-corrected chi connectivity index (χ2v) is 6.94. The summed E-state index contributed by atoms with van der Waals surface area (Å²) in [5.41, 5.74) is 2.29. The highest BCUT2D eigenvalue weighted by Gasteiger charge is 2.49. The maximum absolute atomic E-state index is 12.2. The van der Waals surface area contributed by atoms with Gasteiger partial charge in [0.15, 0.2) is 0 Å². The minimum absolute atomic E-state index is 0.140. The molecule has 0 saturated carbocycles. The van der Waals surface area contributed by atoms with Crippen LogP contribution in [-0.4, -0.2) is 72.7 Å². The molecule has 3 N–H and O–H groups in total. The van der Waals surface area contributed by atoms with Crippen molar-refractivity contribution in [2.24, 2.45) is 0 Å². The number of urea groups is 1. The lowest BCUT2D eigenvalue weighted by molar-refractivity contribution is -0.138. The number of carbonyl (C=O) groups excluding carboxylic acids is 2. The average Bonchev–Trinajstić information content (AvgIpc) is 2.70. The van der Waals surface area contributed by atoms with E-state index in [4.69, 9.17) is 9.39 Å². The number of amides is 3. The molecule has 2 fully saturated rings. The van der Waals surface area contributed by atoms with E-state index >= 15 is 0 Å². The Labute approximate surface area is 140 Å². The topological polar surface area (TPSA) is 138 Å². The van der Waals surface area contributed by atoms with Crippen LogP contribution in [0.3, 0.4) is 0 Å². The van der Waals surface area contributed by atoms with Crippen molar-refractivity contribution < 1.29 is 31.7 Å². The lowest BCUT2D eigenvalue weighted by Crippen LogP contribution is -2.50. The fourth-order valence-electron chi connectivity index (χ4n) is 2.69. The maximum atomic E-state index is 12.2. The summed E-state index contributed by atoms with van der Waals surface area (Å²) in [6, 6.07) is -1.78. The Morgan fingerprint density at radius 3 is 2.75 bits per heavy atom. The van der Waals surface area contributed by atoms with Crippen LogP contribution >= 0.6 is 0 Å². The molecule has 2 saturated heterocycles. The first-order valence-corrected chi connectivity index (χ1v) is 8.97. The highest BCUT2D eigenvalue weighted by molar-refractivity contribution is 7.80. The van der Waals surface area contributed by atoms with Gasteiger partial charge in [-0.3, -0.25) is 14.2 Å². The average molecular weight is 366 g/mol. The number of piperidine rings is 1. The molecule has 11 nitrogen and oxygen atoms in total. The van der Waals surface area contributed by atoms with Gasteiger partial charge in [-0.05, 0) is 12.8 Å². The van der Waals surface area contributed by atoms with Crippen molar-refractivity contribution >= 4 is 22.3 Å². The third-order valence-corrected chi connectivity index (χ3v) is 4.08. The molecule has 0 aliphatic carbocycles. The molecule has 2 atom stereocenters. The van der Waals surface area contributed by atoms with Gasteiger partial charge >= 0.3 is 16.4 Å². The van der Waals surface area contributed by atoms with Crippen LogP contribution in [0, 0.1) is 0 Å². The molecular formula is C12H22N4O7S. The molecule has 138 valence electrons. The van der Waals surface area contributed by atoms with Gasteiger partial charge in [0.05, 0.1) is 12.6 Å². The summed E-state index contributed by atoms with van der Waals surface area (Å²) >= 11 is 0. The molecule has 2 bridgehead atoms. The molecule has 2 aliphatic rings. The smallest absolute Gasteiger partial charge is 0.312 e. The van der Waals surface area contributed by atoms with Gasteiger partial charge in [-0.2, -0.15) is 13.5 Å². The number of hydroxylamine groups is 3. The Bertz CT molecular complexity index is 582. The molecule has 2 aliphatic heterocycles. The van der Waals surface area contributed by atoms with E-state index in [2.05, 4.69) is 15.1 Å². The Hall–Kier alpha value is -1.47. The van der Waals surface area contributed by atoms with Crippen molar-refractivity contribution in [3.8, 4) is 0 Å². The minimum Gasteiger partial charge on any atom is -0.312 e. The fourth-order valence-corrected chi connectivity index (χ4v) is 3.08. The van der Waals surface area contributed by atoms with Gasteiger partial charge in [-0.15, -0.1) is 4.28 Å². The predicted octanol–water partition coefficient (Wildman–Crippen LogP) is -0.965. The Morgan fingerprint density at radius 2 is 2.12 bits per heavy atom. The highest BCUT2D eigenvalue weighted by Crippen LogP contribution is 2.30. The van der Waals surface area contributed by atoms with E-state index in [-0.39, 0.29) is 13.2 Å². The minimum atomic E-state index is -4.80. The summed E-state index contributed by atoms with van der Waals surface area (Å²) in [6.07, 6.45) is 0.700. The lowest BCUT2D eigenvalue weighted by atomic mass is 10.0. The van der Waals surface area contributed by atoms with Crippen LogP contribution in [0.1, 0.15) is 26.7 Å². The van der Waals surface area contributed by atoms with Crippen LogP contribution < -0.4 is 10.8 Å². The number of hydrogen-bond donors (Lipinski definition) is 3. The molecule has 3 amide bonds. The van der Waals surface area contributed by atoms with Crippen LogP contribution in [0.5, 0.6) is 0 Å². The fraction of sp³-hybridized carbons (Fsp3) is 0.833. The number of nitrogens with one attached hydrogen (secondary N) is 2. The van der Waals surface area contributed by atoms with Crippen LogP contribution in [0.25, 0.3) is 0 Å². The monoisotopic (exact) mass is 366 g/mol. The van der Waals surface area contributed by atoms with E-state index in [0.717, 1.165) is 0 Å². The first-order chi connectivity index (χ1) is 11.2. The first kappa shape index (κ1) is 18.9. The van der Waals surface area contributed by atoms with E-state index in [9.17, 15) is 18.0 Å². The first-order valence-electron chi connectivity index (χ1n) is 7.61. The number of fused-ring (bicyclic) bond motifs is 2. The SMILES string of the molecule is CC(C)NCCONC(=O)[C@H]1CC[C@@H]2CN1C(=O)N2OS(=O)(=O)O. The van der Waals surface area contributed by atoms with E-state index in [1.807, 2.05) is 13.8 Å². The van der Waals surface area contributed by atoms with Crippen LogP contribution in [0.4, 0.5) is 4.79 Å². The Morgan fingerprint density at radius 1 is 1.42 bits per heavy atom. The third-order valence-electron chi connectivity index (χ3n) is 3.73. The number of carbonyl (C=O) groups is 2. The van der Waals surface area contributed by atoms with Gasteiger partial charge in [0.1, 0.15) is 6.04 Å². The van der Waals surface area contributed by atoms with Gasteiger partial charge in [0.2, 0.25) is 0 Å². The van der Waals surface area contributed by atoms with Crippen LogP contribution in [0.15, 0.2) is 0 Å². The van der Waals surface area contributed by atoms with Crippen LogP contribution in [0.2, 0.25) is 0 Å². The standard InChI is InChI=1S/C12H22N4O7S/c1-8(2)13-5-6-22-14-11(17)10-4-3-9-7-15(10)12(18)16(9)23-24(19,20)21/h8-10,13H,3-7H2,1-2H3,(H,14,17)(H,19,20,21)/t9-,10-/m1/s1. The molecule has 0 aromatic heterocycles. The molecule has 2 rings (SSSR count). The molecule has 0 radical (unpaired) electrons. The second-order valence-electron chi connectivity index (χ2n) is 5.93. The van der Waals surface area contributed by atoms with Gasteiger partial charge < -0.3 is 10.2 Å². The quantitative estimate of drug-likeness (QED) is 0.284. The molecule has 0 unspecified atom stereocenters. The summed E-state index contributed by atoms with van der Waals surface area (Å²) in [7, 11) is -4.80. The van der Waals surface area contributed by atoms with Crippen LogP contribution in [-0.2, 0) is 24.3 Å². The molecule has 0 aromatic carbocycles. The predicted molar refractivity (Wildman–Crippen MR) is 80.6 cm³/mol. The number of rotatable bonds is 8.